The third-order valence-corrected chi connectivity index (χ3v) is 4.71. The summed E-state index contributed by atoms with van der Waals surface area (Å²) in [6.07, 6.45) is 4.23. The first-order chi connectivity index (χ1) is 14.7. The van der Waals surface area contributed by atoms with E-state index in [1.807, 2.05) is 42.5 Å². The van der Waals surface area contributed by atoms with Crippen molar-refractivity contribution in [2.75, 3.05) is 13.1 Å². The molecule has 164 valence electrons. The van der Waals surface area contributed by atoms with E-state index < -0.39 is 12.1 Å². The zero-order valence-electron chi connectivity index (χ0n) is 16.7. The lowest BCUT2D eigenvalue weighted by atomic mass is 10.0. The van der Waals surface area contributed by atoms with Gasteiger partial charge >= 0.3 is 12.1 Å². The van der Waals surface area contributed by atoms with E-state index in [9.17, 15) is 13.2 Å². The summed E-state index contributed by atoms with van der Waals surface area (Å²) in [6.45, 7) is 2.86. The van der Waals surface area contributed by atoms with Crippen LogP contribution in [-0.2, 0) is 31.2 Å². The van der Waals surface area contributed by atoms with Gasteiger partial charge in [-0.15, -0.1) is 0 Å². The van der Waals surface area contributed by atoms with Crippen LogP contribution in [0.25, 0.3) is 11.3 Å². The third kappa shape index (κ3) is 6.07. The number of fused-ring (bicyclic) bond motifs is 1. The molecule has 0 aromatic carbocycles. The van der Waals surface area contributed by atoms with Gasteiger partial charge in [-0.3, -0.25) is 14.6 Å². The van der Waals surface area contributed by atoms with E-state index in [2.05, 4.69) is 31.0 Å². The molecule has 11 heteroatoms. The number of hydrogen-bond acceptors (Lipinski definition) is 6. The van der Waals surface area contributed by atoms with Gasteiger partial charge in [-0.25, -0.2) is 14.8 Å². The number of nitrogens with zero attached hydrogens (tertiary/aromatic N) is 6. The smallest absolute Gasteiger partial charge is 0.475 e. The Kier molecular flexibility index (Phi) is 6.95. The van der Waals surface area contributed by atoms with Crippen molar-refractivity contribution in [1.29, 1.82) is 0 Å². The lowest BCUT2D eigenvalue weighted by Crippen LogP contribution is -2.26. The van der Waals surface area contributed by atoms with E-state index in [0.29, 0.717) is 0 Å². The number of halogens is 3. The maximum Gasteiger partial charge on any atom is 0.490 e. The maximum absolute atomic E-state index is 10.6. The molecular weight excluding hydrogens is 413 g/mol. The number of rotatable bonds is 3. The topological polar surface area (TPSA) is 97.0 Å². The van der Waals surface area contributed by atoms with Crippen LogP contribution in [0.4, 0.5) is 13.2 Å². The van der Waals surface area contributed by atoms with Crippen LogP contribution >= 0.6 is 0 Å². The molecule has 0 bridgehead atoms. The first-order valence-corrected chi connectivity index (χ1v) is 9.48. The van der Waals surface area contributed by atoms with Crippen molar-refractivity contribution in [1.82, 2.24) is 29.6 Å². The fraction of sp³-hybridized carbons (Fsp3) is 0.350. The van der Waals surface area contributed by atoms with Gasteiger partial charge in [-0.05, 0) is 18.6 Å². The van der Waals surface area contributed by atoms with Crippen molar-refractivity contribution in [2.45, 2.75) is 25.6 Å². The molecule has 0 unspecified atom stereocenters. The molecule has 1 aliphatic rings. The van der Waals surface area contributed by atoms with Crippen molar-refractivity contribution in [3.05, 3.63) is 60.1 Å². The lowest BCUT2D eigenvalue weighted by Gasteiger charge is -2.18. The number of carboxylic acid groups (broad SMARTS) is 1. The second kappa shape index (κ2) is 9.65. The van der Waals surface area contributed by atoms with E-state index in [1.54, 1.807) is 6.33 Å². The molecule has 4 heterocycles. The first-order valence-electron chi connectivity index (χ1n) is 9.48. The highest BCUT2D eigenvalue weighted by molar-refractivity contribution is 5.73. The van der Waals surface area contributed by atoms with Gasteiger partial charge in [0.1, 0.15) is 6.33 Å². The normalized spacial score (nSPS) is 14.2. The van der Waals surface area contributed by atoms with Gasteiger partial charge in [-0.1, -0.05) is 6.07 Å². The zero-order valence-corrected chi connectivity index (χ0v) is 16.7. The number of pyridine rings is 1. The minimum absolute atomic E-state index is 0.879. The quantitative estimate of drug-likeness (QED) is 0.677. The molecule has 8 nitrogen and oxygen atoms in total. The SMILES string of the molecule is Cn1cc(-c2ncnc3c2CCN(Cc2ccccn2)CC3)cn1.O=C(O)C(F)(F)F. The lowest BCUT2D eigenvalue weighted by molar-refractivity contribution is -0.192. The van der Waals surface area contributed by atoms with Crippen LogP contribution in [0.5, 0.6) is 0 Å². The Hall–Kier alpha value is -3.34. The first kappa shape index (κ1) is 22.3. The highest BCUT2D eigenvalue weighted by Gasteiger charge is 2.38. The Labute approximate surface area is 176 Å². The van der Waals surface area contributed by atoms with E-state index in [0.717, 1.165) is 55.1 Å². The summed E-state index contributed by atoms with van der Waals surface area (Å²) in [5.74, 6) is -2.76. The summed E-state index contributed by atoms with van der Waals surface area (Å²) >= 11 is 0. The summed E-state index contributed by atoms with van der Waals surface area (Å²) in [7, 11) is 1.93. The molecule has 0 fully saturated rings. The standard InChI is InChI=1S/C18H20N6.C2HF3O2/c1-23-11-14(10-22-23)18-16-5-8-24(9-6-17(16)20-13-21-18)12-15-4-2-3-7-19-15;3-2(4,5)1(6)7/h2-4,7,10-11,13H,5-6,8-9,12H2,1H3;(H,6,7). The molecule has 1 aliphatic heterocycles. The Morgan fingerprint density at radius 2 is 1.90 bits per heavy atom. The average Bonchev–Trinajstić information content (AvgIpc) is 3.06. The van der Waals surface area contributed by atoms with Crippen molar-refractivity contribution in [3.63, 3.8) is 0 Å². The largest absolute Gasteiger partial charge is 0.490 e. The predicted molar refractivity (Wildman–Crippen MR) is 105 cm³/mol. The van der Waals surface area contributed by atoms with E-state index in [-0.39, 0.29) is 0 Å². The van der Waals surface area contributed by atoms with Gasteiger partial charge in [0.15, 0.2) is 0 Å². The van der Waals surface area contributed by atoms with Crippen LogP contribution in [0, 0.1) is 0 Å². The fourth-order valence-corrected chi connectivity index (χ4v) is 3.24. The molecule has 1 N–H and O–H groups in total. The molecule has 0 saturated heterocycles. The maximum atomic E-state index is 10.6. The number of aryl methyl sites for hydroxylation is 1. The molecule has 4 rings (SSSR count). The Morgan fingerprint density at radius 1 is 1.16 bits per heavy atom. The molecule has 3 aromatic heterocycles. The molecular formula is C20H21F3N6O2. The number of carbonyl (C=O) groups is 1. The molecule has 31 heavy (non-hydrogen) atoms. The Balaban J connectivity index is 0.000000339. The molecule has 0 saturated carbocycles. The molecule has 0 spiro atoms. The van der Waals surface area contributed by atoms with E-state index in [4.69, 9.17) is 9.90 Å². The van der Waals surface area contributed by atoms with Gasteiger partial charge < -0.3 is 5.11 Å². The summed E-state index contributed by atoms with van der Waals surface area (Å²) in [6, 6.07) is 6.08. The van der Waals surface area contributed by atoms with Gasteiger partial charge in [-0.2, -0.15) is 18.3 Å². The Bertz CT molecular complexity index is 1020. The number of carboxylic acids is 1. The van der Waals surface area contributed by atoms with Crippen LogP contribution in [0.15, 0.2) is 43.1 Å². The van der Waals surface area contributed by atoms with Gasteiger partial charge in [0.05, 0.1) is 17.6 Å². The van der Waals surface area contributed by atoms with Crippen molar-refractivity contribution in [2.24, 2.45) is 7.05 Å². The zero-order chi connectivity index (χ0) is 22.4. The van der Waals surface area contributed by atoms with E-state index in [1.165, 1.54) is 5.56 Å². The fourth-order valence-electron chi connectivity index (χ4n) is 3.24. The van der Waals surface area contributed by atoms with Gasteiger partial charge in [0.2, 0.25) is 0 Å². The van der Waals surface area contributed by atoms with Crippen LogP contribution < -0.4 is 0 Å². The monoisotopic (exact) mass is 434 g/mol. The molecule has 0 radical (unpaired) electrons. The van der Waals surface area contributed by atoms with Crippen LogP contribution in [0.3, 0.4) is 0 Å². The average molecular weight is 434 g/mol. The number of aliphatic carboxylic acids is 1. The number of hydrogen-bond donors (Lipinski definition) is 1. The second-order valence-corrected chi connectivity index (χ2v) is 6.95. The number of alkyl halides is 3. The third-order valence-electron chi connectivity index (χ3n) is 4.71. The van der Waals surface area contributed by atoms with Crippen molar-refractivity contribution in [3.8, 4) is 11.3 Å². The number of aromatic nitrogens is 5. The van der Waals surface area contributed by atoms with E-state index >= 15 is 0 Å². The van der Waals surface area contributed by atoms with Gasteiger partial charge in [0, 0.05) is 62.3 Å². The van der Waals surface area contributed by atoms with Crippen LogP contribution in [0.1, 0.15) is 17.0 Å². The molecule has 0 amide bonds. The summed E-state index contributed by atoms with van der Waals surface area (Å²) in [5.41, 5.74) is 5.62. The molecule has 0 aliphatic carbocycles. The molecule has 0 atom stereocenters. The highest BCUT2D eigenvalue weighted by atomic mass is 19.4. The van der Waals surface area contributed by atoms with Crippen molar-refractivity contribution < 1.29 is 23.1 Å². The predicted octanol–water partition coefficient (Wildman–Crippen LogP) is 2.51. The summed E-state index contributed by atoms with van der Waals surface area (Å²) in [4.78, 5) is 24.8. The van der Waals surface area contributed by atoms with Crippen LogP contribution in [-0.4, -0.2) is 60.0 Å². The van der Waals surface area contributed by atoms with Gasteiger partial charge in [0.25, 0.3) is 0 Å². The Morgan fingerprint density at radius 3 is 2.52 bits per heavy atom. The minimum atomic E-state index is -5.08. The molecule has 3 aromatic rings. The summed E-state index contributed by atoms with van der Waals surface area (Å²) in [5, 5.41) is 11.4. The van der Waals surface area contributed by atoms with Crippen LogP contribution in [0.2, 0.25) is 0 Å². The highest BCUT2D eigenvalue weighted by Crippen LogP contribution is 2.25. The minimum Gasteiger partial charge on any atom is -0.475 e. The second-order valence-electron chi connectivity index (χ2n) is 6.95. The summed E-state index contributed by atoms with van der Waals surface area (Å²) < 4.78 is 33.5. The van der Waals surface area contributed by atoms with Crippen molar-refractivity contribution >= 4 is 5.97 Å².